The fourth-order valence-corrected chi connectivity index (χ4v) is 4.67. The van der Waals surface area contributed by atoms with E-state index in [0.717, 1.165) is 35.5 Å². The summed E-state index contributed by atoms with van der Waals surface area (Å²) in [5, 5.41) is 0. The number of aryl methyl sites for hydroxylation is 3. The maximum atomic E-state index is 13.0. The normalized spacial score (nSPS) is 16.4. The predicted octanol–water partition coefficient (Wildman–Crippen LogP) is 5.42. The summed E-state index contributed by atoms with van der Waals surface area (Å²) in [5.41, 5.74) is 6.87. The van der Waals surface area contributed by atoms with Gasteiger partial charge in [-0.05, 0) is 55.2 Å². The molecule has 4 aromatic rings. The van der Waals surface area contributed by atoms with E-state index in [1.165, 1.54) is 16.7 Å². The van der Waals surface area contributed by atoms with Crippen LogP contribution in [-0.4, -0.2) is 22.0 Å². The van der Waals surface area contributed by atoms with Gasteiger partial charge in [-0.15, -0.1) is 0 Å². The van der Waals surface area contributed by atoms with Crippen LogP contribution in [0.2, 0.25) is 0 Å². The van der Waals surface area contributed by atoms with E-state index in [4.69, 9.17) is 4.98 Å². The number of hydrogen-bond donors (Lipinski definition) is 0. The molecule has 31 heavy (non-hydrogen) atoms. The Kier molecular flexibility index (Phi) is 5.06. The number of hydrogen-bond acceptors (Lipinski definition) is 2. The molecule has 1 aliphatic heterocycles. The second-order valence-corrected chi connectivity index (χ2v) is 8.47. The molecule has 0 bridgehead atoms. The fraction of sp³-hybridized carbons (Fsp3) is 0.259. The number of anilines is 1. The number of benzene rings is 3. The highest BCUT2D eigenvalue weighted by atomic mass is 16.2. The maximum Gasteiger partial charge on any atom is 0.227 e. The molecule has 156 valence electrons. The van der Waals surface area contributed by atoms with Crippen LogP contribution in [0.3, 0.4) is 0 Å². The Balaban J connectivity index is 1.48. The van der Waals surface area contributed by atoms with Gasteiger partial charge in [-0.25, -0.2) is 4.98 Å². The van der Waals surface area contributed by atoms with Gasteiger partial charge in [0, 0.05) is 31.1 Å². The van der Waals surface area contributed by atoms with Crippen LogP contribution in [0, 0.1) is 13.8 Å². The lowest BCUT2D eigenvalue weighted by Crippen LogP contribution is -2.25. The van der Waals surface area contributed by atoms with Gasteiger partial charge in [0.05, 0.1) is 11.0 Å². The van der Waals surface area contributed by atoms with Crippen LogP contribution in [0.25, 0.3) is 11.0 Å². The molecule has 0 N–H and O–H groups in total. The Morgan fingerprint density at radius 3 is 2.55 bits per heavy atom. The molecule has 3 aromatic carbocycles. The van der Waals surface area contributed by atoms with Crippen LogP contribution in [0.5, 0.6) is 0 Å². The number of para-hydroxylation sites is 2. The van der Waals surface area contributed by atoms with Crippen molar-refractivity contribution in [3.8, 4) is 0 Å². The van der Waals surface area contributed by atoms with E-state index in [-0.39, 0.29) is 11.8 Å². The van der Waals surface area contributed by atoms with E-state index in [1.807, 2.05) is 23.1 Å². The van der Waals surface area contributed by atoms with Gasteiger partial charge in [-0.2, -0.15) is 0 Å². The molecule has 1 saturated heterocycles. The third-order valence-corrected chi connectivity index (χ3v) is 6.51. The van der Waals surface area contributed by atoms with Crippen molar-refractivity contribution >= 4 is 22.6 Å². The summed E-state index contributed by atoms with van der Waals surface area (Å²) in [4.78, 5) is 20.0. The average Bonchev–Trinajstić information content (AvgIpc) is 3.35. The maximum absolute atomic E-state index is 13.0. The molecular formula is C27H27N3O. The van der Waals surface area contributed by atoms with Crippen molar-refractivity contribution < 1.29 is 4.79 Å². The van der Waals surface area contributed by atoms with E-state index in [0.29, 0.717) is 13.0 Å². The molecule has 1 aliphatic rings. The van der Waals surface area contributed by atoms with Crippen molar-refractivity contribution in [3.63, 3.8) is 0 Å². The summed E-state index contributed by atoms with van der Waals surface area (Å²) in [7, 11) is 0. The lowest BCUT2D eigenvalue weighted by atomic mass is 10.1. The molecule has 4 nitrogen and oxygen atoms in total. The third-order valence-electron chi connectivity index (χ3n) is 6.51. The van der Waals surface area contributed by atoms with Gasteiger partial charge >= 0.3 is 0 Å². The summed E-state index contributed by atoms with van der Waals surface area (Å²) >= 11 is 0. The highest BCUT2D eigenvalue weighted by molar-refractivity contribution is 5.97. The van der Waals surface area contributed by atoms with Gasteiger partial charge < -0.3 is 9.47 Å². The van der Waals surface area contributed by atoms with Gasteiger partial charge in [0.1, 0.15) is 5.82 Å². The molecule has 0 aliphatic carbocycles. The van der Waals surface area contributed by atoms with Crippen molar-refractivity contribution in [2.75, 3.05) is 11.4 Å². The lowest BCUT2D eigenvalue weighted by Gasteiger charge is -2.20. The molecule has 1 amide bonds. The number of carbonyl (C=O) groups is 1. The molecule has 0 spiro atoms. The zero-order valence-electron chi connectivity index (χ0n) is 18.1. The Bertz CT molecular complexity index is 1240. The number of amides is 1. The van der Waals surface area contributed by atoms with Crippen LogP contribution >= 0.6 is 0 Å². The average molecular weight is 410 g/mol. The summed E-state index contributed by atoms with van der Waals surface area (Å²) < 4.78 is 2.33. The topological polar surface area (TPSA) is 38.1 Å². The Hall–Kier alpha value is -3.40. The zero-order valence-corrected chi connectivity index (χ0v) is 18.1. The highest BCUT2D eigenvalue weighted by Gasteiger charge is 2.35. The Labute approximate surface area is 183 Å². The second kappa shape index (κ2) is 8.03. The molecule has 1 atom stereocenters. The van der Waals surface area contributed by atoms with E-state index < -0.39 is 0 Å². The number of carbonyl (C=O) groups excluding carboxylic acids is 1. The standard InChI is InChI=1S/C27H27N3O/c1-19-9-8-14-24(20(19)2)30-18-22(17-26(30)31)27-28-23-12-6-7-13-25(23)29(27)16-15-21-10-4-3-5-11-21/h3-14,22H,15-18H2,1-2H3/t22-/m0/s1. The minimum absolute atomic E-state index is 0.0931. The largest absolute Gasteiger partial charge is 0.327 e. The number of nitrogens with zero attached hydrogens (tertiary/aromatic N) is 3. The van der Waals surface area contributed by atoms with E-state index in [1.54, 1.807) is 0 Å². The number of aromatic nitrogens is 2. The summed E-state index contributed by atoms with van der Waals surface area (Å²) in [6, 6.07) is 25.0. The molecule has 0 radical (unpaired) electrons. The molecule has 0 saturated carbocycles. The molecular weight excluding hydrogens is 382 g/mol. The molecule has 5 rings (SSSR count). The van der Waals surface area contributed by atoms with Gasteiger partial charge in [0.25, 0.3) is 0 Å². The summed E-state index contributed by atoms with van der Waals surface area (Å²) in [6.45, 7) is 5.73. The predicted molar refractivity (Wildman–Crippen MR) is 126 cm³/mol. The van der Waals surface area contributed by atoms with Gasteiger partial charge in [-0.1, -0.05) is 54.6 Å². The quantitative estimate of drug-likeness (QED) is 0.442. The SMILES string of the molecule is Cc1cccc(N2C[C@@H](c3nc4ccccc4n3CCc3ccccc3)CC2=O)c1C. The first-order valence-corrected chi connectivity index (χ1v) is 11.0. The van der Waals surface area contributed by atoms with Crippen LogP contribution < -0.4 is 4.90 Å². The second-order valence-electron chi connectivity index (χ2n) is 8.47. The van der Waals surface area contributed by atoms with Crippen LogP contribution in [0.15, 0.2) is 72.8 Å². The van der Waals surface area contributed by atoms with E-state index >= 15 is 0 Å². The highest BCUT2D eigenvalue weighted by Crippen LogP contribution is 2.35. The van der Waals surface area contributed by atoms with Gasteiger partial charge in [0.15, 0.2) is 0 Å². The number of imidazole rings is 1. The first-order valence-electron chi connectivity index (χ1n) is 11.0. The first kappa shape index (κ1) is 19.6. The van der Waals surface area contributed by atoms with Gasteiger partial charge in [0.2, 0.25) is 5.91 Å². The number of rotatable bonds is 5. The summed E-state index contributed by atoms with van der Waals surface area (Å²) in [6.07, 6.45) is 1.44. The first-order chi connectivity index (χ1) is 15.1. The monoisotopic (exact) mass is 409 g/mol. The zero-order chi connectivity index (χ0) is 21.4. The van der Waals surface area contributed by atoms with Crippen LogP contribution in [0.1, 0.15) is 34.9 Å². The fourth-order valence-electron chi connectivity index (χ4n) is 4.67. The van der Waals surface area contributed by atoms with Crippen molar-refractivity contribution in [2.24, 2.45) is 0 Å². The van der Waals surface area contributed by atoms with Crippen molar-refractivity contribution in [3.05, 3.63) is 95.3 Å². The molecule has 0 unspecified atom stereocenters. The van der Waals surface area contributed by atoms with Crippen LogP contribution in [-0.2, 0) is 17.8 Å². The van der Waals surface area contributed by atoms with Crippen molar-refractivity contribution in [1.29, 1.82) is 0 Å². The van der Waals surface area contributed by atoms with Crippen molar-refractivity contribution in [1.82, 2.24) is 9.55 Å². The van der Waals surface area contributed by atoms with Crippen molar-refractivity contribution in [2.45, 2.75) is 39.2 Å². The lowest BCUT2D eigenvalue weighted by molar-refractivity contribution is -0.117. The molecule has 4 heteroatoms. The van der Waals surface area contributed by atoms with E-state index in [9.17, 15) is 4.79 Å². The Morgan fingerprint density at radius 1 is 0.935 bits per heavy atom. The third kappa shape index (κ3) is 3.63. The smallest absolute Gasteiger partial charge is 0.227 e. The molecule has 1 fully saturated rings. The van der Waals surface area contributed by atoms with Gasteiger partial charge in [-0.3, -0.25) is 4.79 Å². The molecule has 2 heterocycles. The molecule has 1 aromatic heterocycles. The summed E-state index contributed by atoms with van der Waals surface area (Å²) in [5.74, 6) is 1.30. The van der Waals surface area contributed by atoms with Crippen LogP contribution in [0.4, 0.5) is 5.69 Å². The minimum atomic E-state index is 0.0931. The number of fused-ring (bicyclic) bond motifs is 1. The Morgan fingerprint density at radius 2 is 1.71 bits per heavy atom. The minimum Gasteiger partial charge on any atom is -0.327 e. The van der Waals surface area contributed by atoms with E-state index in [2.05, 4.69) is 73.0 Å².